The molecule has 0 spiro atoms. The van der Waals surface area contributed by atoms with Gasteiger partial charge < -0.3 is 14.2 Å². The Labute approximate surface area is 98.5 Å². The van der Waals surface area contributed by atoms with E-state index in [2.05, 4.69) is 11.3 Å². The second kappa shape index (κ2) is 6.03. The lowest BCUT2D eigenvalue weighted by atomic mass is 10.1. The van der Waals surface area contributed by atoms with Gasteiger partial charge in [0.1, 0.15) is 6.61 Å². The van der Waals surface area contributed by atoms with Crippen molar-refractivity contribution in [3.8, 4) is 0 Å². The van der Waals surface area contributed by atoms with E-state index in [9.17, 15) is 14.4 Å². The fourth-order valence-electron chi connectivity index (χ4n) is 1.17. The predicted octanol–water partition coefficient (Wildman–Crippen LogP) is 0.212. The molecule has 0 aromatic rings. The van der Waals surface area contributed by atoms with Crippen molar-refractivity contribution in [1.82, 2.24) is 0 Å². The van der Waals surface area contributed by atoms with E-state index in [4.69, 9.17) is 9.47 Å². The molecule has 1 heterocycles. The molecule has 0 aromatic heterocycles. The predicted molar refractivity (Wildman–Crippen MR) is 55.8 cm³/mol. The highest BCUT2D eigenvalue weighted by Gasteiger charge is 2.27. The van der Waals surface area contributed by atoms with Crippen LogP contribution in [0.3, 0.4) is 0 Å². The van der Waals surface area contributed by atoms with Crippen molar-refractivity contribution in [3.63, 3.8) is 0 Å². The summed E-state index contributed by atoms with van der Waals surface area (Å²) in [6, 6.07) is 0. The fraction of sp³-hybridized carbons (Fsp3) is 0.545. The third-order valence-electron chi connectivity index (χ3n) is 2.16. The number of rotatable bonds is 5. The summed E-state index contributed by atoms with van der Waals surface area (Å²) in [6.45, 7) is 4.67. The lowest BCUT2D eigenvalue weighted by Gasteiger charge is -2.07. The molecule has 94 valence electrons. The standard InChI is InChI=1S/C11H14O6/c1-7(2)10(13)17-6-9(12)16-5-8-3-4-15-11(8)14/h8H,1,3-6H2,2H3. The number of hydrogen-bond acceptors (Lipinski definition) is 6. The smallest absolute Gasteiger partial charge is 0.344 e. The molecule has 1 unspecified atom stereocenters. The van der Waals surface area contributed by atoms with Gasteiger partial charge in [-0.25, -0.2) is 9.59 Å². The Kier molecular flexibility index (Phi) is 4.68. The van der Waals surface area contributed by atoms with Gasteiger partial charge in [0.2, 0.25) is 0 Å². The Morgan fingerprint density at radius 1 is 1.47 bits per heavy atom. The Balaban J connectivity index is 2.19. The van der Waals surface area contributed by atoms with Crippen LogP contribution in [0.4, 0.5) is 0 Å². The van der Waals surface area contributed by atoms with Gasteiger partial charge in [-0.3, -0.25) is 4.79 Å². The number of carbonyl (C=O) groups is 3. The summed E-state index contributed by atoms with van der Waals surface area (Å²) < 4.78 is 14.1. The highest BCUT2D eigenvalue weighted by Crippen LogP contribution is 2.14. The third kappa shape index (κ3) is 4.26. The average molecular weight is 242 g/mol. The van der Waals surface area contributed by atoms with Crippen molar-refractivity contribution < 1.29 is 28.6 Å². The lowest BCUT2D eigenvalue weighted by Crippen LogP contribution is -2.22. The summed E-state index contributed by atoms with van der Waals surface area (Å²) in [7, 11) is 0. The SMILES string of the molecule is C=C(C)C(=O)OCC(=O)OCC1CCOC1=O. The summed E-state index contributed by atoms with van der Waals surface area (Å²) in [5, 5.41) is 0. The maximum Gasteiger partial charge on any atom is 0.344 e. The van der Waals surface area contributed by atoms with E-state index in [0.717, 1.165) is 0 Å². The number of cyclic esters (lactones) is 1. The molecule has 1 aliphatic heterocycles. The molecule has 0 aliphatic carbocycles. The first kappa shape index (κ1) is 13.2. The highest BCUT2D eigenvalue weighted by atomic mass is 16.6. The van der Waals surface area contributed by atoms with E-state index in [1.807, 2.05) is 0 Å². The summed E-state index contributed by atoms with van der Waals surface area (Å²) in [5.74, 6) is -2.12. The molecule has 1 saturated heterocycles. The largest absolute Gasteiger partial charge is 0.465 e. The Morgan fingerprint density at radius 2 is 2.18 bits per heavy atom. The van der Waals surface area contributed by atoms with Gasteiger partial charge in [-0.1, -0.05) is 6.58 Å². The number of esters is 3. The first-order valence-electron chi connectivity index (χ1n) is 5.15. The van der Waals surface area contributed by atoms with Crippen molar-refractivity contribution in [2.75, 3.05) is 19.8 Å². The number of hydrogen-bond donors (Lipinski definition) is 0. The van der Waals surface area contributed by atoms with E-state index >= 15 is 0 Å². The summed E-state index contributed by atoms with van der Waals surface area (Å²) >= 11 is 0. The van der Waals surface area contributed by atoms with E-state index in [0.29, 0.717) is 13.0 Å². The molecule has 1 aliphatic rings. The van der Waals surface area contributed by atoms with Crippen LogP contribution in [0, 0.1) is 5.92 Å². The van der Waals surface area contributed by atoms with Gasteiger partial charge in [-0.05, 0) is 13.3 Å². The van der Waals surface area contributed by atoms with Crippen LogP contribution in [0.5, 0.6) is 0 Å². The molecule has 0 radical (unpaired) electrons. The molecular weight excluding hydrogens is 228 g/mol. The van der Waals surface area contributed by atoms with E-state index in [-0.39, 0.29) is 18.1 Å². The van der Waals surface area contributed by atoms with Gasteiger partial charge in [0.25, 0.3) is 0 Å². The fourth-order valence-corrected chi connectivity index (χ4v) is 1.17. The molecule has 6 heteroatoms. The van der Waals surface area contributed by atoms with Gasteiger partial charge >= 0.3 is 17.9 Å². The molecule has 0 N–H and O–H groups in total. The van der Waals surface area contributed by atoms with E-state index in [1.54, 1.807) is 0 Å². The first-order chi connectivity index (χ1) is 8.00. The van der Waals surface area contributed by atoms with Crippen molar-refractivity contribution in [1.29, 1.82) is 0 Å². The normalized spacial score (nSPS) is 18.4. The Hall–Kier alpha value is -1.85. The van der Waals surface area contributed by atoms with Crippen LogP contribution in [0.15, 0.2) is 12.2 Å². The molecule has 1 fully saturated rings. The molecule has 1 rings (SSSR count). The molecule has 0 amide bonds. The van der Waals surface area contributed by atoms with Crippen molar-refractivity contribution >= 4 is 17.9 Å². The first-order valence-corrected chi connectivity index (χ1v) is 5.15. The van der Waals surface area contributed by atoms with Crippen LogP contribution in [-0.4, -0.2) is 37.7 Å². The van der Waals surface area contributed by atoms with E-state index in [1.165, 1.54) is 6.92 Å². The molecular formula is C11H14O6. The van der Waals surface area contributed by atoms with Crippen LogP contribution in [0.2, 0.25) is 0 Å². The minimum absolute atomic E-state index is 0.0394. The molecule has 17 heavy (non-hydrogen) atoms. The molecule has 0 bridgehead atoms. The maximum absolute atomic E-state index is 11.2. The highest BCUT2D eigenvalue weighted by molar-refractivity contribution is 5.88. The van der Waals surface area contributed by atoms with E-state index < -0.39 is 24.5 Å². The zero-order valence-corrected chi connectivity index (χ0v) is 9.56. The molecule has 0 aromatic carbocycles. The second-order valence-corrected chi connectivity index (χ2v) is 3.69. The zero-order valence-electron chi connectivity index (χ0n) is 9.56. The number of carbonyl (C=O) groups excluding carboxylic acids is 3. The minimum atomic E-state index is -0.695. The van der Waals surface area contributed by atoms with Gasteiger partial charge in [0.05, 0.1) is 12.5 Å². The van der Waals surface area contributed by atoms with Gasteiger partial charge in [-0.2, -0.15) is 0 Å². The third-order valence-corrected chi connectivity index (χ3v) is 2.16. The van der Waals surface area contributed by atoms with Crippen molar-refractivity contribution in [2.24, 2.45) is 5.92 Å². The van der Waals surface area contributed by atoms with Gasteiger partial charge in [0, 0.05) is 5.57 Å². The topological polar surface area (TPSA) is 78.9 Å². The Bertz CT molecular complexity index is 346. The summed E-state index contributed by atoms with van der Waals surface area (Å²) in [6.07, 6.45) is 0.539. The monoisotopic (exact) mass is 242 g/mol. The second-order valence-electron chi connectivity index (χ2n) is 3.69. The van der Waals surface area contributed by atoms with Crippen LogP contribution in [0.1, 0.15) is 13.3 Å². The van der Waals surface area contributed by atoms with Crippen LogP contribution in [-0.2, 0) is 28.6 Å². The van der Waals surface area contributed by atoms with Crippen LogP contribution < -0.4 is 0 Å². The number of ether oxygens (including phenoxy) is 3. The van der Waals surface area contributed by atoms with Gasteiger partial charge in [-0.15, -0.1) is 0 Å². The maximum atomic E-state index is 11.2. The lowest BCUT2D eigenvalue weighted by molar-refractivity contribution is -0.158. The Morgan fingerprint density at radius 3 is 2.71 bits per heavy atom. The quantitative estimate of drug-likeness (QED) is 0.389. The minimum Gasteiger partial charge on any atom is -0.465 e. The average Bonchev–Trinajstić information content (AvgIpc) is 2.68. The molecule has 1 atom stereocenters. The van der Waals surface area contributed by atoms with Crippen LogP contribution in [0.25, 0.3) is 0 Å². The van der Waals surface area contributed by atoms with Crippen molar-refractivity contribution in [2.45, 2.75) is 13.3 Å². The van der Waals surface area contributed by atoms with Gasteiger partial charge in [0.15, 0.2) is 6.61 Å². The summed E-state index contributed by atoms with van der Waals surface area (Å²) in [5.41, 5.74) is 0.206. The van der Waals surface area contributed by atoms with Crippen LogP contribution >= 0.6 is 0 Å². The zero-order chi connectivity index (χ0) is 12.8. The summed E-state index contributed by atoms with van der Waals surface area (Å²) in [4.78, 5) is 33.1. The molecule has 0 saturated carbocycles. The molecule has 6 nitrogen and oxygen atoms in total. The van der Waals surface area contributed by atoms with Crippen molar-refractivity contribution in [3.05, 3.63) is 12.2 Å².